The van der Waals surface area contributed by atoms with E-state index in [1.807, 2.05) is 10.1 Å². The number of nitrogens with zero attached hydrogens (tertiary/aromatic N) is 2. The SMILES string of the molecule is O=C(Cc1n[nH]c(=O)[nH]c1=O)N/N=C/c1ccc2c(c1)OCO2. The van der Waals surface area contributed by atoms with Crippen molar-refractivity contribution < 1.29 is 14.3 Å². The number of amides is 1. The van der Waals surface area contributed by atoms with E-state index in [9.17, 15) is 14.4 Å². The van der Waals surface area contributed by atoms with Gasteiger partial charge in [0.15, 0.2) is 11.5 Å². The highest BCUT2D eigenvalue weighted by atomic mass is 16.7. The van der Waals surface area contributed by atoms with Crippen LogP contribution >= 0.6 is 0 Å². The topological polar surface area (TPSA) is 139 Å². The molecule has 10 nitrogen and oxygen atoms in total. The minimum absolute atomic E-state index is 0.111. The molecule has 2 heterocycles. The first-order valence-corrected chi connectivity index (χ1v) is 6.51. The molecule has 3 rings (SSSR count). The molecule has 0 atom stereocenters. The predicted molar refractivity (Wildman–Crippen MR) is 77.5 cm³/mol. The van der Waals surface area contributed by atoms with Gasteiger partial charge in [-0.1, -0.05) is 0 Å². The van der Waals surface area contributed by atoms with Crippen molar-refractivity contribution in [2.75, 3.05) is 6.79 Å². The predicted octanol–water partition coefficient (Wildman–Crippen LogP) is -1.12. The molecule has 0 aliphatic carbocycles. The lowest BCUT2D eigenvalue weighted by Gasteiger charge is -1.99. The zero-order valence-corrected chi connectivity index (χ0v) is 11.7. The van der Waals surface area contributed by atoms with Gasteiger partial charge in [-0.3, -0.25) is 14.6 Å². The van der Waals surface area contributed by atoms with Crippen LogP contribution < -0.4 is 26.1 Å². The third kappa shape index (κ3) is 3.43. The average Bonchev–Trinajstić information content (AvgIpc) is 2.98. The lowest BCUT2D eigenvalue weighted by Crippen LogP contribution is -2.31. The van der Waals surface area contributed by atoms with Gasteiger partial charge in [-0.05, 0) is 23.8 Å². The standard InChI is InChI=1S/C13H11N5O5/c19-11(4-8-12(20)15-13(21)18-16-8)17-14-5-7-1-2-9-10(3-7)23-6-22-9/h1-3,5H,4,6H2,(H,17,19)(H2,15,18,20,21)/b14-5+. The van der Waals surface area contributed by atoms with Crippen LogP contribution in [0.3, 0.4) is 0 Å². The summed E-state index contributed by atoms with van der Waals surface area (Å²) in [6.45, 7) is 0.174. The molecule has 0 fully saturated rings. The fraction of sp³-hybridized carbons (Fsp3) is 0.154. The Morgan fingerprint density at radius 1 is 1.35 bits per heavy atom. The third-order valence-electron chi connectivity index (χ3n) is 2.91. The van der Waals surface area contributed by atoms with Crippen LogP contribution in [0.15, 0.2) is 32.9 Å². The molecule has 1 aliphatic rings. The molecule has 0 saturated heterocycles. The molecule has 3 N–H and O–H groups in total. The number of hydrazone groups is 1. The van der Waals surface area contributed by atoms with E-state index < -0.39 is 17.2 Å². The van der Waals surface area contributed by atoms with Crippen molar-refractivity contribution >= 4 is 12.1 Å². The first kappa shape index (κ1) is 14.5. The van der Waals surface area contributed by atoms with Crippen LogP contribution in [0.1, 0.15) is 11.3 Å². The summed E-state index contributed by atoms with van der Waals surface area (Å²) in [5.41, 5.74) is 1.40. The van der Waals surface area contributed by atoms with Gasteiger partial charge in [-0.15, -0.1) is 0 Å². The van der Waals surface area contributed by atoms with Gasteiger partial charge in [-0.25, -0.2) is 15.3 Å². The van der Waals surface area contributed by atoms with Gasteiger partial charge in [0.1, 0.15) is 5.69 Å². The Hall–Kier alpha value is -3.43. The van der Waals surface area contributed by atoms with E-state index in [4.69, 9.17) is 9.47 Å². The molecule has 10 heteroatoms. The second kappa shape index (κ2) is 6.13. The zero-order valence-electron chi connectivity index (χ0n) is 11.7. The first-order chi connectivity index (χ1) is 11.1. The second-order valence-corrected chi connectivity index (χ2v) is 4.54. The number of nitrogens with one attached hydrogen (secondary N) is 3. The van der Waals surface area contributed by atoms with E-state index >= 15 is 0 Å². The third-order valence-corrected chi connectivity index (χ3v) is 2.91. The van der Waals surface area contributed by atoms with Crippen LogP contribution in [0.5, 0.6) is 11.5 Å². The smallest absolute Gasteiger partial charge is 0.342 e. The number of aromatic amines is 2. The van der Waals surface area contributed by atoms with Crippen molar-refractivity contribution in [3.05, 3.63) is 50.3 Å². The average molecular weight is 317 g/mol. The lowest BCUT2D eigenvalue weighted by molar-refractivity contribution is -0.120. The Morgan fingerprint density at radius 3 is 3.00 bits per heavy atom. The number of carbonyl (C=O) groups is 1. The van der Waals surface area contributed by atoms with Crippen LogP contribution in [-0.2, 0) is 11.2 Å². The fourth-order valence-electron chi connectivity index (χ4n) is 1.86. The normalized spacial score (nSPS) is 12.5. The maximum Gasteiger partial charge on any atom is 0.342 e. The number of rotatable bonds is 4. The zero-order chi connectivity index (χ0) is 16.2. The van der Waals surface area contributed by atoms with Crippen LogP contribution in [0.4, 0.5) is 0 Å². The van der Waals surface area contributed by atoms with E-state index in [2.05, 4.69) is 15.6 Å². The highest BCUT2D eigenvalue weighted by Crippen LogP contribution is 2.31. The minimum atomic E-state index is -0.736. The Balaban J connectivity index is 1.60. The Bertz CT molecular complexity index is 885. The highest BCUT2D eigenvalue weighted by Gasteiger charge is 2.12. The molecule has 118 valence electrons. The number of benzene rings is 1. The van der Waals surface area contributed by atoms with Gasteiger partial charge in [-0.2, -0.15) is 10.2 Å². The second-order valence-electron chi connectivity index (χ2n) is 4.54. The van der Waals surface area contributed by atoms with Gasteiger partial charge < -0.3 is 9.47 Å². The van der Waals surface area contributed by atoms with Crippen molar-refractivity contribution in [1.82, 2.24) is 20.6 Å². The molecule has 0 unspecified atom stereocenters. The summed E-state index contributed by atoms with van der Waals surface area (Å²) in [6, 6.07) is 5.19. The van der Waals surface area contributed by atoms with Gasteiger partial charge in [0.05, 0.1) is 12.6 Å². The number of hydrogen-bond donors (Lipinski definition) is 3. The Kier molecular flexibility index (Phi) is 3.87. The fourth-order valence-corrected chi connectivity index (χ4v) is 1.86. The number of aromatic nitrogens is 3. The van der Waals surface area contributed by atoms with E-state index in [-0.39, 0.29) is 18.9 Å². The molecule has 0 bridgehead atoms. The maximum absolute atomic E-state index is 11.7. The Morgan fingerprint density at radius 2 is 2.17 bits per heavy atom. The summed E-state index contributed by atoms with van der Waals surface area (Å²) in [5, 5.41) is 9.32. The summed E-state index contributed by atoms with van der Waals surface area (Å²) >= 11 is 0. The summed E-state index contributed by atoms with van der Waals surface area (Å²) < 4.78 is 10.4. The monoisotopic (exact) mass is 317 g/mol. The minimum Gasteiger partial charge on any atom is -0.454 e. The van der Waals surface area contributed by atoms with Crippen molar-refractivity contribution in [2.45, 2.75) is 6.42 Å². The van der Waals surface area contributed by atoms with Crippen molar-refractivity contribution in [1.29, 1.82) is 0 Å². The first-order valence-electron chi connectivity index (χ1n) is 6.51. The Labute approximate surface area is 128 Å². The molecule has 1 aromatic carbocycles. The number of H-pyrrole nitrogens is 2. The molecular weight excluding hydrogens is 306 g/mol. The van der Waals surface area contributed by atoms with Crippen LogP contribution in [0.2, 0.25) is 0 Å². The van der Waals surface area contributed by atoms with Crippen molar-refractivity contribution in [3.8, 4) is 11.5 Å². The summed E-state index contributed by atoms with van der Waals surface area (Å²) in [5.74, 6) is 0.700. The molecule has 1 aromatic heterocycles. The summed E-state index contributed by atoms with van der Waals surface area (Å²) in [4.78, 5) is 35.9. The summed E-state index contributed by atoms with van der Waals surface area (Å²) in [7, 11) is 0. The van der Waals surface area contributed by atoms with E-state index in [0.717, 1.165) is 0 Å². The van der Waals surface area contributed by atoms with Gasteiger partial charge in [0.2, 0.25) is 12.7 Å². The largest absolute Gasteiger partial charge is 0.454 e. The molecule has 0 saturated carbocycles. The lowest BCUT2D eigenvalue weighted by atomic mass is 10.2. The van der Waals surface area contributed by atoms with Crippen molar-refractivity contribution in [3.63, 3.8) is 0 Å². The number of hydrogen-bond acceptors (Lipinski definition) is 7. The molecular formula is C13H11N5O5. The van der Waals surface area contributed by atoms with Gasteiger partial charge in [0.25, 0.3) is 5.56 Å². The maximum atomic E-state index is 11.7. The molecule has 0 radical (unpaired) electrons. The number of carbonyl (C=O) groups excluding carboxylic acids is 1. The molecule has 2 aromatic rings. The van der Waals surface area contributed by atoms with E-state index in [1.165, 1.54) is 6.21 Å². The molecule has 1 amide bonds. The van der Waals surface area contributed by atoms with Crippen LogP contribution in [0, 0.1) is 0 Å². The van der Waals surface area contributed by atoms with Crippen LogP contribution in [-0.4, -0.2) is 34.1 Å². The molecule has 0 spiro atoms. The molecule has 1 aliphatic heterocycles. The number of fused-ring (bicyclic) bond motifs is 1. The number of ether oxygens (including phenoxy) is 2. The van der Waals surface area contributed by atoms with Gasteiger partial charge in [0, 0.05) is 0 Å². The van der Waals surface area contributed by atoms with Crippen LogP contribution in [0.25, 0.3) is 0 Å². The molecule has 23 heavy (non-hydrogen) atoms. The summed E-state index contributed by atoms with van der Waals surface area (Å²) in [6.07, 6.45) is 1.11. The highest BCUT2D eigenvalue weighted by molar-refractivity contribution is 5.83. The quantitative estimate of drug-likeness (QED) is 0.482. The van der Waals surface area contributed by atoms with E-state index in [0.29, 0.717) is 17.1 Å². The van der Waals surface area contributed by atoms with E-state index in [1.54, 1.807) is 18.2 Å². The van der Waals surface area contributed by atoms with Gasteiger partial charge >= 0.3 is 5.69 Å². The van der Waals surface area contributed by atoms with Crippen molar-refractivity contribution in [2.24, 2.45) is 5.10 Å².